The third-order valence-electron chi connectivity index (χ3n) is 6.50. The lowest BCUT2D eigenvalue weighted by Crippen LogP contribution is -2.45. The lowest BCUT2D eigenvalue weighted by molar-refractivity contribution is 0.0927. The number of phenols is 1. The van der Waals surface area contributed by atoms with Crippen LogP contribution in [0.15, 0.2) is 48.5 Å². The molecule has 4 rings (SSSR count). The van der Waals surface area contributed by atoms with Gasteiger partial charge in [-0.3, -0.25) is 4.90 Å². The van der Waals surface area contributed by atoms with E-state index in [-0.39, 0.29) is 0 Å². The predicted octanol–water partition coefficient (Wildman–Crippen LogP) is 3.93. The van der Waals surface area contributed by atoms with Crippen LogP contribution in [0.5, 0.6) is 11.5 Å². The molecule has 1 atom stereocenters. The van der Waals surface area contributed by atoms with E-state index in [1.54, 1.807) is 13.2 Å². The number of aromatic hydroxyl groups is 1. The Morgan fingerprint density at radius 3 is 2.64 bits per heavy atom. The second-order valence-electron chi connectivity index (χ2n) is 8.57. The van der Waals surface area contributed by atoms with E-state index in [2.05, 4.69) is 40.1 Å². The number of hydrogen-bond acceptors (Lipinski definition) is 4. The molecule has 0 aliphatic carbocycles. The number of ether oxygens (including phenoxy) is 1. The zero-order chi connectivity index (χ0) is 19.4. The van der Waals surface area contributed by atoms with Gasteiger partial charge >= 0.3 is 0 Å². The van der Waals surface area contributed by atoms with E-state index in [1.165, 1.54) is 37.9 Å². The van der Waals surface area contributed by atoms with Crippen LogP contribution in [-0.2, 0) is 13.0 Å². The zero-order valence-electron chi connectivity index (χ0n) is 16.9. The molecule has 2 heterocycles. The van der Waals surface area contributed by atoms with Gasteiger partial charge < -0.3 is 14.7 Å². The normalized spacial score (nSPS) is 23.3. The molecule has 150 valence electrons. The number of rotatable bonds is 6. The molecule has 1 spiro atoms. The van der Waals surface area contributed by atoms with Crippen LogP contribution in [0.25, 0.3) is 0 Å². The summed E-state index contributed by atoms with van der Waals surface area (Å²) in [5.41, 5.74) is 2.82. The molecule has 4 heteroatoms. The number of nitrogens with zero attached hydrogens (tertiary/aromatic N) is 2. The highest BCUT2D eigenvalue weighted by Crippen LogP contribution is 2.40. The Balaban J connectivity index is 1.34. The predicted molar refractivity (Wildman–Crippen MR) is 113 cm³/mol. The first-order valence-corrected chi connectivity index (χ1v) is 10.5. The van der Waals surface area contributed by atoms with Crippen molar-refractivity contribution < 1.29 is 9.84 Å². The summed E-state index contributed by atoms with van der Waals surface area (Å²) in [4.78, 5) is 5.18. The fraction of sp³-hybridized carbons (Fsp3) is 0.500. The highest BCUT2D eigenvalue weighted by Gasteiger charge is 2.41. The van der Waals surface area contributed by atoms with E-state index in [0.29, 0.717) is 11.2 Å². The van der Waals surface area contributed by atoms with Crippen LogP contribution in [0.1, 0.15) is 30.4 Å². The molecule has 0 saturated carbocycles. The molecule has 2 aromatic rings. The van der Waals surface area contributed by atoms with Crippen LogP contribution in [0.2, 0.25) is 0 Å². The van der Waals surface area contributed by atoms with Crippen molar-refractivity contribution >= 4 is 0 Å². The number of phenolic OH excluding ortho intramolecular Hbond substituents is 1. The van der Waals surface area contributed by atoms with E-state index in [4.69, 9.17) is 4.74 Å². The monoisotopic (exact) mass is 380 g/mol. The van der Waals surface area contributed by atoms with Crippen molar-refractivity contribution in [2.75, 3.05) is 39.8 Å². The minimum atomic E-state index is 0.370. The Kier molecular flexibility index (Phi) is 5.88. The molecular weight excluding hydrogens is 348 g/mol. The largest absolute Gasteiger partial charge is 0.508 e. The van der Waals surface area contributed by atoms with Gasteiger partial charge in [-0.1, -0.05) is 30.3 Å². The summed E-state index contributed by atoms with van der Waals surface area (Å²) in [7, 11) is 1.67. The molecule has 0 aromatic heterocycles. The third kappa shape index (κ3) is 4.50. The second kappa shape index (κ2) is 8.54. The average Bonchev–Trinajstić information content (AvgIpc) is 3.10. The topological polar surface area (TPSA) is 35.9 Å². The molecule has 1 unspecified atom stereocenters. The first-order chi connectivity index (χ1) is 13.7. The lowest BCUT2D eigenvalue weighted by Gasteiger charge is -2.40. The standard InChI is InChI=1S/C24H32N2O2/c1-28-22-8-9-23(27)21(16-22)17-26-15-12-24(19-26)11-5-13-25(18-24)14-10-20-6-3-2-4-7-20/h2-4,6-9,16,27H,5,10-15,17-19H2,1H3. The average molecular weight is 381 g/mol. The molecular formula is C24H32N2O2. The van der Waals surface area contributed by atoms with Crippen LogP contribution in [0, 0.1) is 5.41 Å². The molecule has 2 aliphatic rings. The summed E-state index contributed by atoms with van der Waals surface area (Å²) in [5, 5.41) is 10.2. The molecule has 2 aliphatic heterocycles. The maximum Gasteiger partial charge on any atom is 0.120 e. The summed E-state index contributed by atoms with van der Waals surface area (Å²) in [6.45, 7) is 6.64. The van der Waals surface area contributed by atoms with Gasteiger partial charge in [0.15, 0.2) is 0 Å². The summed E-state index contributed by atoms with van der Waals surface area (Å²) in [5.74, 6) is 1.18. The maximum absolute atomic E-state index is 10.2. The summed E-state index contributed by atoms with van der Waals surface area (Å²) >= 11 is 0. The van der Waals surface area contributed by atoms with Crippen LogP contribution in [0.3, 0.4) is 0 Å². The van der Waals surface area contributed by atoms with E-state index < -0.39 is 0 Å². The van der Waals surface area contributed by atoms with E-state index in [9.17, 15) is 5.11 Å². The smallest absolute Gasteiger partial charge is 0.120 e. The van der Waals surface area contributed by atoms with Gasteiger partial charge in [0.25, 0.3) is 0 Å². The van der Waals surface area contributed by atoms with Crippen molar-refractivity contribution in [3.8, 4) is 11.5 Å². The molecule has 4 nitrogen and oxygen atoms in total. The molecule has 0 amide bonds. The molecule has 2 saturated heterocycles. The third-order valence-corrected chi connectivity index (χ3v) is 6.50. The Bertz CT molecular complexity index is 779. The fourth-order valence-corrected chi connectivity index (χ4v) is 4.99. The second-order valence-corrected chi connectivity index (χ2v) is 8.57. The van der Waals surface area contributed by atoms with Gasteiger partial charge in [0.1, 0.15) is 11.5 Å². The van der Waals surface area contributed by atoms with Crippen molar-refractivity contribution in [1.29, 1.82) is 0 Å². The number of piperidine rings is 1. The van der Waals surface area contributed by atoms with Crippen LogP contribution in [-0.4, -0.2) is 54.7 Å². The van der Waals surface area contributed by atoms with Crippen LogP contribution < -0.4 is 4.74 Å². The minimum absolute atomic E-state index is 0.370. The van der Waals surface area contributed by atoms with Crippen LogP contribution >= 0.6 is 0 Å². The van der Waals surface area contributed by atoms with Gasteiger partial charge in [-0.25, -0.2) is 0 Å². The van der Waals surface area contributed by atoms with E-state index in [0.717, 1.165) is 43.9 Å². The van der Waals surface area contributed by atoms with Crippen LogP contribution in [0.4, 0.5) is 0 Å². The van der Waals surface area contributed by atoms with Gasteiger partial charge in [-0.15, -0.1) is 0 Å². The summed E-state index contributed by atoms with van der Waals surface area (Å²) in [6.07, 6.45) is 5.03. The number of benzene rings is 2. The number of methoxy groups -OCH3 is 1. The number of likely N-dealkylation sites (tertiary alicyclic amines) is 2. The quantitative estimate of drug-likeness (QED) is 0.824. The highest BCUT2D eigenvalue weighted by molar-refractivity contribution is 5.39. The van der Waals surface area contributed by atoms with Crippen molar-refractivity contribution in [2.45, 2.75) is 32.2 Å². The van der Waals surface area contributed by atoms with E-state index >= 15 is 0 Å². The van der Waals surface area contributed by atoms with Crippen molar-refractivity contribution in [2.24, 2.45) is 5.41 Å². The highest BCUT2D eigenvalue weighted by atomic mass is 16.5. The van der Waals surface area contributed by atoms with Gasteiger partial charge in [0.05, 0.1) is 7.11 Å². The molecule has 28 heavy (non-hydrogen) atoms. The summed E-state index contributed by atoms with van der Waals surface area (Å²) in [6, 6.07) is 16.4. The molecule has 0 bridgehead atoms. The molecule has 1 N–H and O–H groups in total. The minimum Gasteiger partial charge on any atom is -0.508 e. The van der Waals surface area contributed by atoms with Crippen molar-refractivity contribution in [3.05, 3.63) is 59.7 Å². The first kappa shape index (κ1) is 19.3. The Morgan fingerprint density at radius 2 is 1.82 bits per heavy atom. The SMILES string of the molecule is COc1ccc(O)c(CN2CCC3(CCCN(CCc4ccccc4)C3)C2)c1. The van der Waals surface area contributed by atoms with Gasteiger partial charge in [-0.2, -0.15) is 0 Å². The Labute approximate surface area is 168 Å². The first-order valence-electron chi connectivity index (χ1n) is 10.5. The maximum atomic E-state index is 10.2. The van der Waals surface area contributed by atoms with E-state index in [1.807, 2.05) is 12.1 Å². The Hall–Kier alpha value is -2.04. The van der Waals surface area contributed by atoms with Gasteiger partial charge in [0.2, 0.25) is 0 Å². The molecule has 0 radical (unpaired) electrons. The number of hydrogen-bond donors (Lipinski definition) is 1. The summed E-state index contributed by atoms with van der Waals surface area (Å²) < 4.78 is 5.33. The van der Waals surface area contributed by atoms with Crippen molar-refractivity contribution in [1.82, 2.24) is 9.80 Å². The molecule has 2 fully saturated rings. The van der Waals surface area contributed by atoms with Gasteiger partial charge in [-0.05, 0) is 68.0 Å². The van der Waals surface area contributed by atoms with Gasteiger partial charge in [0, 0.05) is 31.7 Å². The van der Waals surface area contributed by atoms with Crippen molar-refractivity contribution in [3.63, 3.8) is 0 Å². The Morgan fingerprint density at radius 1 is 1.00 bits per heavy atom. The fourth-order valence-electron chi connectivity index (χ4n) is 4.99. The molecule has 2 aromatic carbocycles. The lowest BCUT2D eigenvalue weighted by atomic mass is 9.79. The zero-order valence-corrected chi connectivity index (χ0v) is 16.9.